The minimum absolute atomic E-state index is 0.0530. The van der Waals surface area contributed by atoms with Crippen molar-refractivity contribution in [1.29, 1.82) is 0 Å². The molecule has 1 aromatic carbocycles. The van der Waals surface area contributed by atoms with Crippen LogP contribution in [-0.2, 0) is 13.0 Å². The number of methoxy groups -OCH3 is 1. The third-order valence-corrected chi connectivity index (χ3v) is 4.35. The van der Waals surface area contributed by atoms with Crippen molar-refractivity contribution in [3.05, 3.63) is 63.0 Å². The Kier molecular flexibility index (Phi) is 5.86. The molecule has 152 valence electrons. The summed E-state index contributed by atoms with van der Waals surface area (Å²) in [6, 6.07) is 7.54. The summed E-state index contributed by atoms with van der Waals surface area (Å²) in [4.78, 5) is 26.9. The minimum Gasteiger partial charge on any atom is -0.496 e. The summed E-state index contributed by atoms with van der Waals surface area (Å²) in [7, 11) is 1.59. The topological polar surface area (TPSA) is 138 Å². The van der Waals surface area contributed by atoms with E-state index in [9.17, 15) is 14.9 Å². The molecule has 0 spiro atoms. The lowest BCUT2D eigenvalue weighted by atomic mass is 10.1. The number of benzene rings is 1. The average molecular weight is 400 g/mol. The van der Waals surface area contributed by atoms with Gasteiger partial charge in [0.2, 0.25) is 0 Å². The monoisotopic (exact) mass is 400 g/mol. The van der Waals surface area contributed by atoms with Crippen LogP contribution in [0.5, 0.6) is 5.75 Å². The Labute approximate surface area is 165 Å². The molecule has 0 radical (unpaired) electrons. The number of nitro groups is 1. The van der Waals surface area contributed by atoms with Gasteiger partial charge in [-0.15, -0.1) is 0 Å². The summed E-state index contributed by atoms with van der Waals surface area (Å²) in [6.07, 6.45) is 0.576. The van der Waals surface area contributed by atoms with E-state index in [-0.39, 0.29) is 23.9 Å². The van der Waals surface area contributed by atoms with Crippen LogP contribution in [0.1, 0.15) is 33.5 Å². The van der Waals surface area contributed by atoms with Crippen LogP contribution < -0.4 is 10.1 Å². The number of hydrogen-bond donors (Lipinski definition) is 1. The molecular formula is C18H20N6O5. The fourth-order valence-electron chi connectivity index (χ4n) is 2.95. The predicted octanol–water partition coefficient (Wildman–Crippen LogP) is 1.82. The van der Waals surface area contributed by atoms with Crippen molar-refractivity contribution < 1.29 is 19.0 Å². The molecule has 3 rings (SSSR count). The fourth-order valence-corrected chi connectivity index (χ4v) is 2.95. The highest BCUT2D eigenvalue weighted by atomic mass is 16.6. The van der Waals surface area contributed by atoms with Crippen LogP contribution in [0.4, 0.5) is 5.69 Å². The van der Waals surface area contributed by atoms with Gasteiger partial charge in [-0.3, -0.25) is 19.6 Å². The van der Waals surface area contributed by atoms with Gasteiger partial charge in [0, 0.05) is 6.54 Å². The molecule has 0 aliphatic carbocycles. The first-order chi connectivity index (χ1) is 13.9. The van der Waals surface area contributed by atoms with Gasteiger partial charge in [0.15, 0.2) is 5.82 Å². The van der Waals surface area contributed by atoms with Crippen LogP contribution in [0.2, 0.25) is 0 Å². The molecule has 0 aliphatic rings. The molecular weight excluding hydrogens is 380 g/mol. The Bertz CT molecular complexity index is 1040. The Balaban J connectivity index is 1.60. The van der Waals surface area contributed by atoms with Gasteiger partial charge in [-0.2, -0.15) is 10.1 Å². The molecule has 0 saturated heterocycles. The first-order valence-electron chi connectivity index (χ1n) is 8.81. The molecule has 0 bridgehead atoms. The number of aromatic nitrogens is 4. The van der Waals surface area contributed by atoms with E-state index in [1.807, 2.05) is 24.3 Å². The molecule has 3 aromatic rings. The molecule has 0 saturated carbocycles. The average Bonchev–Trinajstić information content (AvgIpc) is 3.26. The van der Waals surface area contributed by atoms with E-state index in [1.54, 1.807) is 21.0 Å². The third kappa shape index (κ3) is 4.39. The van der Waals surface area contributed by atoms with Crippen molar-refractivity contribution in [2.75, 3.05) is 13.7 Å². The molecule has 0 fully saturated rings. The Hall–Kier alpha value is -3.76. The smallest absolute Gasteiger partial charge is 0.316 e. The Morgan fingerprint density at radius 3 is 2.79 bits per heavy atom. The maximum atomic E-state index is 12.2. The number of ether oxygens (including phenoxy) is 1. The van der Waals surface area contributed by atoms with Crippen molar-refractivity contribution in [3.63, 3.8) is 0 Å². The molecule has 0 aliphatic heterocycles. The van der Waals surface area contributed by atoms with Crippen molar-refractivity contribution in [2.24, 2.45) is 0 Å². The fraction of sp³-hybridized carbons (Fsp3) is 0.333. The first-order valence-corrected chi connectivity index (χ1v) is 8.81. The van der Waals surface area contributed by atoms with Gasteiger partial charge in [-0.25, -0.2) is 0 Å². The number of carbonyl (C=O) groups is 1. The highest BCUT2D eigenvalue weighted by Gasteiger charge is 2.23. The molecule has 0 unspecified atom stereocenters. The van der Waals surface area contributed by atoms with E-state index in [2.05, 4.69) is 20.6 Å². The maximum Gasteiger partial charge on any atom is 0.316 e. The molecule has 11 nitrogen and oxygen atoms in total. The minimum atomic E-state index is -0.502. The second-order valence-corrected chi connectivity index (χ2v) is 6.27. The van der Waals surface area contributed by atoms with Crippen LogP contribution in [-0.4, -0.2) is 44.4 Å². The SMILES string of the molecule is COc1ccccc1CCNC(=O)c1nc(Cn2nc(C)c([N+](=O)[O-])c2C)no1. The molecule has 2 heterocycles. The predicted molar refractivity (Wildman–Crippen MR) is 101 cm³/mol. The van der Waals surface area contributed by atoms with E-state index in [4.69, 9.17) is 9.26 Å². The molecule has 2 aromatic heterocycles. The van der Waals surface area contributed by atoms with E-state index >= 15 is 0 Å². The number of nitrogens with zero attached hydrogens (tertiary/aromatic N) is 5. The van der Waals surface area contributed by atoms with Crippen molar-refractivity contribution in [2.45, 2.75) is 26.8 Å². The number of aryl methyl sites for hydroxylation is 1. The quantitative estimate of drug-likeness (QED) is 0.446. The zero-order chi connectivity index (χ0) is 21.0. The lowest BCUT2D eigenvalue weighted by Crippen LogP contribution is -2.26. The highest BCUT2D eigenvalue weighted by molar-refractivity contribution is 5.89. The summed E-state index contributed by atoms with van der Waals surface area (Å²) in [5.41, 5.74) is 1.58. The number of hydrogen-bond acceptors (Lipinski definition) is 8. The molecule has 1 amide bonds. The maximum absolute atomic E-state index is 12.2. The standard InChI is InChI=1S/C18H20N6O5/c1-11-16(24(26)27)12(2)23(21-11)10-15-20-18(29-22-15)17(25)19-9-8-13-6-4-5-7-14(13)28-3/h4-7H,8-10H2,1-3H3,(H,19,25). The van der Waals surface area contributed by atoms with Gasteiger partial charge in [-0.05, 0) is 31.9 Å². The van der Waals surface area contributed by atoms with Gasteiger partial charge < -0.3 is 14.6 Å². The van der Waals surface area contributed by atoms with Crippen molar-refractivity contribution >= 4 is 11.6 Å². The lowest BCUT2D eigenvalue weighted by molar-refractivity contribution is -0.386. The zero-order valence-corrected chi connectivity index (χ0v) is 16.2. The number of rotatable bonds is 8. The van der Waals surface area contributed by atoms with E-state index in [1.165, 1.54) is 4.68 Å². The summed E-state index contributed by atoms with van der Waals surface area (Å²) in [5.74, 6) is 0.259. The number of nitrogens with one attached hydrogen (secondary N) is 1. The van der Waals surface area contributed by atoms with Crippen LogP contribution in [0.15, 0.2) is 28.8 Å². The highest BCUT2D eigenvalue weighted by Crippen LogP contribution is 2.22. The second-order valence-electron chi connectivity index (χ2n) is 6.27. The third-order valence-electron chi connectivity index (χ3n) is 4.35. The number of carbonyl (C=O) groups excluding carboxylic acids is 1. The summed E-state index contributed by atoms with van der Waals surface area (Å²) >= 11 is 0. The number of para-hydroxylation sites is 1. The zero-order valence-electron chi connectivity index (χ0n) is 16.2. The van der Waals surface area contributed by atoms with Crippen molar-refractivity contribution in [1.82, 2.24) is 25.2 Å². The Morgan fingerprint density at radius 1 is 1.34 bits per heavy atom. The van der Waals surface area contributed by atoms with Crippen LogP contribution >= 0.6 is 0 Å². The number of amides is 1. The van der Waals surface area contributed by atoms with E-state index < -0.39 is 10.8 Å². The molecule has 1 N–H and O–H groups in total. The second kappa shape index (κ2) is 8.50. The van der Waals surface area contributed by atoms with Gasteiger partial charge in [0.1, 0.15) is 23.7 Å². The van der Waals surface area contributed by atoms with Crippen LogP contribution in [0.3, 0.4) is 0 Å². The molecule has 29 heavy (non-hydrogen) atoms. The summed E-state index contributed by atoms with van der Waals surface area (Å²) < 4.78 is 11.7. The van der Waals surface area contributed by atoms with E-state index in [0.717, 1.165) is 11.3 Å². The summed E-state index contributed by atoms with van der Waals surface area (Å²) in [5, 5.41) is 21.7. The van der Waals surface area contributed by atoms with E-state index in [0.29, 0.717) is 24.4 Å². The molecule has 0 atom stereocenters. The first kappa shape index (κ1) is 20.0. The van der Waals surface area contributed by atoms with Crippen LogP contribution in [0.25, 0.3) is 0 Å². The normalized spacial score (nSPS) is 10.7. The van der Waals surface area contributed by atoms with Crippen molar-refractivity contribution in [3.8, 4) is 5.75 Å². The van der Waals surface area contributed by atoms with Gasteiger partial charge in [0.25, 0.3) is 0 Å². The van der Waals surface area contributed by atoms with Gasteiger partial charge in [0.05, 0.1) is 12.0 Å². The van der Waals surface area contributed by atoms with Gasteiger partial charge >= 0.3 is 17.5 Å². The molecule has 11 heteroatoms. The Morgan fingerprint density at radius 2 is 2.10 bits per heavy atom. The van der Waals surface area contributed by atoms with Crippen LogP contribution in [0, 0.1) is 24.0 Å². The summed E-state index contributed by atoms with van der Waals surface area (Å²) in [6.45, 7) is 3.56. The van der Waals surface area contributed by atoms with Gasteiger partial charge in [-0.1, -0.05) is 23.4 Å². The largest absolute Gasteiger partial charge is 0.496 e. The lowest BCUT2D eigenvalue weighted by Gasteiger charge is -2.08.